The predicted octanol–water partition coefficient (Wildman–Crippen LogP) is 2.94. The van der Waals surface area contributed by atoms with Crippen molar-refractivity contribution >= 4 is 17.7 Å². The topological polar surface area (TPSA) is 29.5 Å². The molecule has 122 valence electrons. The van der Waals surface area contributed by atoms with E-state index < -0.39 is 0 Å². The number of nitrogens with zero attached hydrogens (tertiary/aromatic N) is 1. The molecule has 0 aromatic rings. The van der Waals surface area contributed by atoms with E-state index in [0.29, 0.717) is 16.8 Å². The van der Waals surface area contributed by atoms with Crippen LogP contribution in [0.4, 0.5) is 0 Å². The molecule has 6 rings (SSSR count). The summed E-state index contributed by atoms with van der Waals surface area (Å²) in [4.78, 5) is 15.5. The minimum Gasteiger partial charge on any atom is -0.381 e. The van der Waals surface area contributed by atoms with Gasteiger partial charge in [-0.25, -0.2) is 0 Å². The quantitative estimate of drug-likeness (QED) is 0.783. The first-order valence-corrected chi connectivity index (χ1v) is 10.0. The molecule has 22 heavy (non-hydrogen) atoms. The number of likely N-dealkylation sites (tertiary alicyclic amines) is 1. The highest BCUT2D eigenvalue weighted by Crippen LogP contribution is 2.61. The number of amides is 1. The second kappa shape index (κ2) is 4.66. The van der Waals surface area contributed by atoms with Crippen molar-refractivity contribution in [3.63, 3.8) is 0 Å². The summed E-state index contributed by atoms with van der Waals surface area (Å²) in [5.74, 6) is 4.23. The van der Waals surface area contributed by atoms with Gasteiger partial charge in [0.25, 0.3) is 0 Å². The van der Waals surface area contributed by atoms with Crippen molar-refractivity contribution in [1.82, 2.24) is 4.90 Å². The van der Waals surface area contributed by atoms with E-state index in [1.54, 1.807) is 0 Å². The smallest absolute Gasteiger partial charge is 0.228 e. The molecule has 2 saturated heterocycles. The molecule has 3 nitrogen and oxygen atoms in total. The normalized spacial score (nSPS) is 48.0. The van der Waals surface area contributed by atoms with E-state index in [4.69, 9.17) is 4.74 Å². The largest absolute Gasteiger partial charge is 0.381 e. The van der Waals surface area contributed by atoms with E-state index in [-0.39, 0.29) is 5.41 Å². The first-order valence-electron chi connectivity index (χ1n) is 9.06. The molecule has 0 unspecified atom stereocenters. The molecule has 1 spiro atoms. The van der Waals surface area contributed by atoms with Crippen molar-refractivity contribution < 1.29 is 9.53 Å². The highest BCUT2D eigenvalue weighted by Gasteiger charge is 2.59. The minimum atomic E-state index is 0.0558. The van der Waals surface area contributed by atoms with E-state index in [2.05, 4.69) is 4.90 Å². The lowest BCUT2D eigenvalue weighted by atomic mass is 9.49. The summed E-state index contributed by atoms with van der Waals surface area (Å²) in [5.41, 5.74) is 0.0558. The van der Waals surface area contributed by atoms with Crippen LogP contribution < -0.4 is 0 Å². The van der Waals surface area contributed by atoms with Crippen LogP contribution in [0.5, 0.6) is 0 Å². The van der Waals surface area contributed by atoms with Gasteiger partial charge in [0.2, 0.25) is 5.91 Å². The zero-order valence-electron chi connectivity index (χ0n) is 13.6. The number of rotatable bonds is 2. The minimum absolute atomic E-state index is 0.0558. The third-order valence-electron chi connectivity index (χ3n) is 7.25. The summed E-state index contributed by atoms with van der Waals surface area (Å²) in [7, 11) is 1.82. The lowest BCUT2D eigenvalue weighted by Gasteiger charge is -2.59. The maximum Gasteiger partial charge on any atom is 0.228 e. The Morgan fingerprint density at radius 2 is 1.64 bits per heavy atom. The molecule has 1 amide bonds. The van der Waals surface area contributed by atoms with Gasteiger partial charge in [-0.1, -0.05) is 0 Å². The van der Waals surface area contributed by atoms with Crippen LogP contribution in [-0.2, 0) is 9.53 Å². The highest BCUT2D eigenvalue weighted by atomic mass is 32.2. The highest BCUT2D eigenvalue weighted by molar-refractivity contribution is 8.01. The van der Waals surface area contributed by atoms with Crippen LogP contribution in [0.2, 0.25) is 0 Å². The van der Waals surface area contributed by atoms with Gasteiger partial charge in [-0.15, -0.1) is 11.8 Å². The Kier molecular flexibility index (Phi) is 3.00. The van der Waals surface area contributed by atoms with Crippen LogP contribution in [0.3, 0.4) is 0 Å². The molecule has 2 heterocycles. The van der Waals surface area contributed by atoms with E-state index in [9.17, 15) is 4.79 Å². The molecule has 0 aromatic carbocycles. The molecule has 4 aliphatic carbocycles. The van der Waals surface area contributed by atoms with Gasteiger partial charge in [-0.3, -0.25) is 4.79 Å². The van der Waals surface area contributed by atoms with Crippen molar-refractivity contribution in [3.05, 3.63) is 0 Å². The fourth-order valence-corrected chi connectivity index (χ4v) is 8.27. The van der Waals surface area contributed by atoms with Gasteiger partial charge < -0.3 is 9.64 Å². The Morgan fingerprint density at radius 1 is 1.05 bits per heavy atom. The Labute approximate surface area is 137 Å². The fourth-order valence-electron chi connectivity index (χ4n) is 6.68. The van der Waals surface area contributed by atoms with Crippen LogP contribution in [-0.4, -0.2) is 47.6 Å². The van der Waals surface area contributed by atoms with Gasteiger partial charge in [-0.05, 0) is 62.7 Å². The lowest BCUT2D eigenvalue weighted by molar-refractivity contribution is -0.163. The Morgan fingerprint density at radius 3 is 2.14 bits per heavy atom. The summed E-state index contributed by atoms with van der Waals surface area (Å²) in [5, 5.41) is 0. The first-order chi connectivity index (χ1) is 10.6. The van der Waals surface area contributed by atoms with Gasteiger partial charge in [0, 0.05) is 26.0 Å². The fraction of sp³-hybridized carbons (Fsp3) is 0.944. The molecule has 1 atom stereocenters. The van der Waals surface area contributed by atoms with E-state index >= 15 is 0 Å². The van der Waals surface area contributed by atoms with Crippen LogP contribution in [0.15, 0.2) is 0 Å². The van der Waals surface area contributed by atoms with Crippen molar-refractivity contribution in [2.75, 3.05) is 26.0 Å². The second-order valence-electron chi connectivity index (χ2n) is 8.91. The average Bonchev–Trinajstić information content (AvgIpc) is 2.88. The monoisotopic (exact) mass is 321 g/mol. The summed E-state index contributed by atoms with van der Waals surface area (Å²) < 4.78 is 5.85. The Bertz CT molecular complexity index is 464. The zero-order valence-corrected chi connectivity index (χ0v) is 14.4. The molecule has 6 fully saturated rings. The SMILES string of the molecule is CO[C@@H]1CSC2(C1)CN(C(=O)C13CC4CC(CC(C4)C1)C3)C2. The summed E-state index contributed by atoms with van der Waals surface area (Å²) in [6, 6.07) is 0. The van der Waals surface area contributed by atoms with E-state index in [0.717, 1.165) is 43.0 Å². The summed E-state index contributed by atoms with van der Waals surface area (Å²) >= 11 is 2.04. The Hall–Kier alpha value is -0.220. The van der Waals surface area contributed by atoms with Gasteiger partial charge in [-0.2, -0.15) is 0 Å². The molecule has 0 radical (unpaired) electrons. The van der Waals surface area contributed by atoms with Crippen LogP contribution in [0, 0.1) is 23.2 Å². The molecule has 0 aromatic heterocycles. The third-order valence-corrected chi connectivity index (χ3v) is 8.82. The second-order valence-corrected chi connectivity index (χ2v) is 10.4. The molecule has 4 saturated carbocycles. The van der Waals surface area contributed by atoms with Crippen LogP contribution in [0.1, 0.15) is 44.9 Å². The number of ether oxygens (including phenoxy) is 1. The summed E-state index contributed by atoms with van der Waals surface area (Å²) in [6.45, 7) is 1.97. The molecule has 4 bridgehead atoms. The van der Waals surface area contributed by atoms with Crippen molar-refractivity contribution in [2.24, 2.45) is 23.2 Å². The van der Waals surface area contributed by atoms with E-state index in [1.807, 2.05) is 18.9 Å². The molecule has 2 aliphatic heterocycles. The Balaban J connectivity index is 1.29. The molecular weight excluding hydrogens is 294 g/mol. The number of carbonyl (C=O) groups is 1. The average molecular weight is 321 g/mol. The lowest BCUT2D eigenvalue weighted by Crippen LogP contribution is -2.65. The zero-order chi connectivity index (χ0) is 14.9. The molecule has 4 heteroatoms. The van der Waals surface area contributed by atoms with Crippen LogP contribution in [0.25, 0.3) is 0 Å². The first kappa shape index (κ1) is 14.2. The molecule has 6 aliphatic rings. The summed E-state index contributed by atoms with van der Waals surface area (Å²) in [6.07, 6.45) is 9.41. The van der Waals surface area contributed by atoms with Crippen LogP contribution >= 0.6 is 11.8 Å². The number of hydrogen-bond donors (Lipinski definition) is 0. The number of hydrogen-bond acceptors (Lipinski definition) is 3. The number of methoxy groups -OCH3 is 1. The molecular formula is C18H27NO2S. The van der Waals surface area contributed by atoms with Gasteiger partial charge in [0.1, 0.15) is 0 Å². The number of carbonyl (C=O) groups excluding carboxylic acids is 1. The number of thioether (sulfide) groups is 1. The predicted molar refractivity (Wildman–Crippen MR) is 87.8 cm³/mol. The third kappa shape index (κ3) is 1.95. The van der Waals surface area contributed by atoms with Gasteiger partial charge in [0.05, 0.1) is 16.3 Å². The van der Waals surface area contributed by atoms with Crippen molar-refractivity contribution in [3.8, 4) is 0 Å². The van der Waals surface area contributed by atoms with Gasteiger partial charge >= 0.3 is 0 Å². The van der Waals surface area contributed by atoms with Gasteiger partial charge in [0.15, 0.2) is 0 Å². The standard InChI is InChI=1S/C18H27NO2S/c1-21-15-8-18(22-9-15)10-19(11-18)16(20)17-5-12-2-13(6-17)4-14(3-12)7-17/h12-15H,2-11H2,1H3/t12?,13?,14?,15-,17?/m0/s1. The van der Waals surface area contributed by atoms with Crippen molar-refractivity contribution in [2.45, 2.75) is 55.8 Å². The maximum atomic E-state index is 13.3. The maximum absolute atomic E-state index is 13.3. The van der Waals surface area contributed by atoms with Crippen molar-refractivity contribution in [1.29, 1.82) is 0 Å². The van der Waals surface area contributed by atoms with E-state index in [1.165, 1.54) is 38.5 Å². The molecule has 0 N–H and O–H groups in total.